The molecule has 0 aliphatic heterocycles. The topological polar surface area (TPSA) is 157 Å². The largest absolute Gasteiger partial charge is 0.264 e. The van der Waals surface area contributed by atoms with E-state index in [1.54, 1.807) is 30.5 Å². The van der Waals surface area contributed by atoms with Crippen molar-refractivity contribution in [1.82, 2.24) is 19.0 Å². The summed E-state index contributed by atoms with van der Waals surface area (Å²) in [4.78, 5) is 8.58. The van der Waals surface area contributed by atoms with Gasteiger partial charge in [-0.05, 0) is 97.5 Å². The van der Waals surface area contributed by atoms with E-state index in [0.717, 1.165) is 31.7 Å². The van der Waals surface area contributed by atoms with Crippen molar-refractivity contribution in [2.24, 2.45) is 11.8 Å². The van der Waals surface area contributed by atoms with Crippen LogP contribution in [0.2, 0.25) is 0 Å². The van der Waals surface area contributed by atoms with Gasteiger partial charge in [0.2, 0.25) is 20.0 Å². The van der Waals surface area contributed by atoms with E-state index in [0.29, 0.717) is 27.8 Å². The van der Waals surface area contributed by atoms with Crippen LogP contribution in [-0.2, 0) is 20.0 Å². The van der Waals surface area contributed by atoms with E-state index in [4.69, 9.17) is 10.5 Å². The lowest BCUT2D eigenvalue weighted by molar-refractivity contribution is 0.307. The highest BCUT2D eigenvalue weighted by atomic mass is 32.2. The number of hydrogen-bond donors (Lipinski definition) is 1. The molecule has 0 amide bonds. The Bertz CT molecular complexity index is 2230. The van der Waals surface area contributed by atoms with E-state index in [2.05, 4.69) is 14.7 Å². The van der Waals surface area contributed by atoms with Crippen LogP contribution in [0.3, 0.4) is 0 Å². The quantitative estimate of drug-likeness (QED) is 0.166. The molecule has 10 nitrogen and oxygen atoms in total. The van der Waals surface area contributed by atoms with E-state index >= 15 is 0 Å². The van der Waals surface area contributed by atoms with Gasteiger partial charge in [-0.2, -0.15) is 14.8 Å². The highest BCUT2D eigenvalue weighted by molar-refractivity contribution is 7.90. The first-order chi connectivity index (χ1) is 23.9. The number of pyridine rings is 2. The fourth-order valence-corrected chi connectivity index (χ4v) is 8.91. The number of aromatic nitrogens is 2. The lowest BCUT2D eigenvalue weighted by atomic mass is 9.99. The fourth-order valence-electron chi connectivity index (χ4n) is 6.19. The minimum Gasteiger partial charge on any atom is -0.264 e. The van der Waals surface area contributed by atoms with Crippen LogP contribution in [-0.4, -0.2) is 49.2 Å². The van der Waals surface area contributed by atoms with E-state index in [-0.39, 0.29) is 40.8 Å². The van der Waals surface area contributed by atoms with E-state index in [1.807, 2.05) is 6.07 Å². The summed E-state index contributed by atoms with van der Waals surface area (Å²) in [6.07, 6.45) is 9.12. The standard InChI is InChI=1S/C36H34F2N6O4S2/c1-2-50(47,48)44(36(25-6-7-25)31-14-28(19-41-22-31)26-8-9-27(18-40)33(37)16-26)11-12-49(45,46)43-35(24-4-5-24)30-15-29(20-42-21-30)32-10-3-23(17-39)13-34(32)38/h3,8-10,13-16,19-22,24-25,35-36,43H,2,4-7,11-12H2,1H3. The van der Waals surface area contributed by atoms with Crippen molar-refractivity contribution in [1.29, 1.82) is 10.5 Å². The molecule has 0 spiro atoms. The Balaban J connectivity index is 1.25. The normalized spacial score (nSPS) is 16.0. The highest BCUT2D eigenvalue weighted by Gasteiger charge is 2.42. The molecule has 2 heterocycles. The van der Waals surface area contributed by atoms with Crippen LogP contribution in [0.25, 0.3) is 22.3 Å². The molecule has 2 saturated carbocycles. The van der Waals surface area contributed by atoms with Gasteiger partial charge in [0, 0.05) is 48.0 Å². The Morgan fingerprint density at radius 3 is 2.12 bits per heavy atom. The second kappa shape index (κ2) is 14.3. The number of nitrogens with zero attached hydrogens (tertiary/aromatic N) is 5. The van der Waals surface area contributed by atoms with Crippen molar-refractivity contribution >= 4 is 20.0 Å². The van der Waals surface area contributed by atoms with Crippen LogP contribution >= 0.6 is 0 Å². The Morgan fingerprint density at radius 1 is 0.820 bits per heavy atom. The number of benzene rings is 2. The molecule has 2 aliphatic rings. The number of rotatable bonds is 14. The van der Waals surface area contributed by atoms with Crippen molar-refractivity contribution in [3.8, 4) is 34.4 Å². The van der Waals surface area contributed by atoms with Crippen LogP contribution in [0.1, 0.15) is 66.9 Å². The molecule has 2 aliphatic carbocycles. The van der Waals surface area contributed by atoms with Crippen LogP contribution in [0.5, 0.6) is 0 Å². The fraction of sp³-hybridized carbons (Fsp3) is 0.333. The summed E-state index contributed by atoms with van der Waals surface area (Å²) in [7, 11) is -7.96. The van der Waals surface area contributed by atoms with Crippen molar-refractivity contribution in [3.63, 3.8) is 0 Å². The van der Waals surface area contributed by atoms with Gasteiger partial charge in [0.25, 0.3) is 0 Å². The molecular weight excluding hydrogens is 683 g/mol. The second-order valence-corrected chi connectivity index (χ2v) is 16.8. The van der Waals surface area contributed by atoms with Crippen LogP contribution in [0, 0.1) is 46.1 Å². The molecule has 2 aromatic heterocycles. The van der Waals surface area contributed by atoms with Gasteiger partial charge in [0.15, 0.2) is 0 Å². The number of hydrogen-bond acceptors (Lipinski definition) is 8. The third kappa shape index (κ3) is 7.90. The lowest BCUT2D eigenvalue weighted by Gasteiger charge is -2.31. The second-order valence-electron chi connectivity index (χ2n) is 12.7. The summed E-state index contributed by atoms with van der Waals surface area (Å²) < 4.78 is 87.9. The molecule has 258 valence electrons. The molecular formula is C36H34F2N6O4S2. The lowest BCUT2D eigenvalue weighted by Crippen LogP contribution is -2.42. The maximum absolute atomic E-state index is 14.8. The molecule has 2 fully saturated rings. The SMILES string of the molecule is CCS(=O)(=O)N(CCS(=O)(=O)NC(c1cncc(-c2ccc(C#N)cc2F)c1)C1CC1)C(c1cncc(-c2ccc(C#N)c(F)c2)c1)C1CC1. The van der Waals surface area contributed by atoms with Crippen molar-refractivity contribution < 1.29 is 25.6 Å². The molecule has 6 rings (SSSR count). The summed E-state index contributed by atoms with van der Waals surface area (Å²) in [6.45, 7) is 1.20. The van der Waals surface area contributed by atoms with Gasteiger partial charge in [0.1, 0.15) is 17.7 Å². The average Bonchev–Trinajstić information content (AvgIpc) is 4.04. The summed E-state index contributed by atoms with van der Waals surface area (Å²) >= 11 is 0. The van der Waals surface area contributed by atoms with Gasteiger partial charge in [-0.25, -0.2) is 30.3 Å². The number of sulfonamides is 2. The smallest absolute Gasteiger partial charge is 0.214 e. The minimum atomic E-state index is -4.05. The van der Waals surface area contributed by atoms with Gasteiger partial charge >= 0.3 is 0 Å². The maximum atomic E-state index is 14.8. The van der Waals surface area contributed by atoms with E-state index < -0.39 is 49.5 Å². The van der Waals surface area contributed by atoms with E-state index in [1.165, 1.54) is 54.1 Å². The number of halogens is 2. The predicted molar refractivity (Wildman–Crippen MR) is 183 cm³/mol. The Labute approximate surface area is 290 Å². The Morgan fingerprint density at radius 2 is 1.50 bits per heavy atom. The van der Waals surface area contributed by atoms with Crippen LogP contribution < -0.4 is 4.72 Å². The number of nitrogens with one attached hydrogen (secondary N) is 1. The van der Waals surface area contributed by atoms with Crippen molar-refractivity contribution in [2.75, 3.05) is 18.1 Å². The van der Waals surface area contributed by atoms with Gasteiger partial charge in [0.05, 0.1) is 40.8 Å². The zero-order valence-electron chi connectivity index (χ0n) is 27.1. The maximum Gasteiger partial charge on any atom is 0.214 e. The van der Waals surface area contributed by atoms with Crippen LogP contribution in [0.15, 0.2) is 73.3 Å². The average molecular weight is 717 g/mol. The molecule has 50 heavy (non-hydrogen) atoms. The molecule has 4 aromatic rings. The molecule has 2 unspecified atom stereocenters. The molecule has 14 heteroatoms. The van der Waals surface area contributed by atoms with E-state index in [9.17, 15) is 25.6 Å². The predicted octanol–water partition coefficient (Wildman–Crippen LogP) is 6.01. The number of nitriles is 2. The first-order valence-corrected chi connectivity index (χ1v) is 19.5. The summed E-state index contributed by atoms with van der Waals surface area (Å²) in [5.74, 6) is -2.11. The monoisotopic (exact) mass is 716 g/mol. The molecule has 0 saturated heterocycles. The Kier molecular flexibility index (Phi) is 10.1. The molecule has 2 aromatic carbocycles. The molecule has 2 atom stereocenters. The first-order valence-electron chi connectivity index (χ1n) is 16.2. The molecule has 0 radical (unpaired) electrons. The van der Waals surface area contributed by atoms with Gasteiger partial charge < -0.3 is 0 Å². The molecule has 1 N–H and O–H groups in total. The third-order valence-corrected chi connectivity index (χ3v) is 12.3. The van der Waals surface area contributed by atoms with Gasteiger partial charge in [-0.1, -0.05) is 12.1 Å². The van der Waals surface area contributed by atoms with Crippen molar-refractivity contribution in [3.05, 3.63) is 107 Å². The van der Waals surface area contributed by atoms with Gasteiger partial charge in [-0.15, -0.1) is 0 Å². The summed E-state index contributed by atoms with van der Waals surface area (Å²) in [5.41, 5.74) is 2.84. The highest BCUT2D eigenvalue weighted by Crippen LogP contribution is 2.46. The van der Waals surface area contributed by atoms with Gasteiger partial charge in [-0.3, -0.25) is 9.97 Å². The minimum absolute atomic E-state index is 0.0109. The summed E-state index contributed by atoms with van der Waals surface area (Å²) in [6, 6.07) is 14.1. The zero-order valence-corrected chi connectivity index (χ0v) is 28.8. The third-order valence-electron chi connectivity index (χ3n) is 9.13. The Hall–Kier alpha value is -4.60. The zero-order chi connectivity index (χ0) is 35.6. The summed E-state index contributed by atoms with van der Waals surface area (Å²) in [5, 5.41) is 18.2. The first kappa shape index (κ1) is 35.2. The van der Waals surface area contributed by atoms with Crippen LogP contribution in [0.4, 0.5) is 8.78 Å². The molecule has 0 bridgehead atoms. The van der Waals surface area contributed by atoms with Crippen molar-refractivity contribution in [2.45, 2.75) is 44.7 Å².